The zero-order chi connectivity index (χ0) is 20.8. The van der Waals surface area contributed by atoms with Gasteiger partial charge in [-0.1, -0.05) is 18.2 Å². The Bertz CT molecular complexity index is 1050. The molecule has 2 aromatic carbocycles. The van der Waals surface area contributed by atoms with E-state index in [0.29, 0.717) is 22.6 Å². The van der Waals surface area contributed by atoms with Crippen molar-refractivity contribution in [2.75, 3.05) is 12.4 Å². The molecule has 3 rings (SSSR count). The molecular formula is C21H18F2N2O4. The van der Waals surface area contributed by atoms with E-state index in [9.17, 15) is 18.4 Å². The van der Waals surface area contributed by atoms with Crippen molar-refractivity contribution in [2.45, 2.75) is 13.2 Å². The molecule has 0 bridgehead atoms. The van der Waals surface area contributed by atoms with E-state index >= 15 is 0 Å². The van der Waals surface area contributed by atoms with Crippen molar-refractivity contribution in [1.82, 2.24) is 4.57 Å². The first kappa shape index (κ1) is 20.1. The zero-order valence-corrected chi connectivity index (χ0v) is 15.5. The van der Waals surface area contributed by atoms with Crippen LogP contribution in [0.5, 0.6) is 11.5 Å². The van der Waals surface area contributed by atoms with Gasteiger partial charge in [-0.3, -0.25) is 9.59 Å². The predicted octanol–water partition coefficient (Wildman–Crippen LogP) is 3.76. The molecular weight excluding hydrogens is 382 g/mol. The lowest BCUT2D eigenvalue weighted by molar-refractivity contribution is -0.116. The normalized spacial score (nSPS) is 10.6. The molecule has 0 atom stereocenters. The van der Waals surface area contributed by atoms with Crippen LogP contribution in [-0.4, -0.2) is 24.2 Å². The molecule has 0 aliphatic rings. The maximum Gasteiger partial charge on any atom is 0.387 e. The number of hydrogen-bond acceptors (Lipinski definition) is 4. The Balaban J connectivity index is 1.86. The molecule has 1 amide bonds. The van der Waals surface area contributed by atoms with Crippen LogP contribution in [0, 0.1) is 0 Å². The zero-order valence-electron chi connectivity index (χ0n) is 15.5. The molecule has 0 saturated carbocycles. The van der Waals surface area contributed by atoms with Crippen LogP contribution in [0.1, 0.15) is 0 Å². The van der Waals surface area contributed by atoms with Crippen molar-refractivity contribution < 1.29 is 23.0 Å². The first-order chi connectivity index (χ1) is 14.0. The van der Waals surface area contributed by atoms with Gasteiger partial charge in [-0.15, -0.1) is 0 Å². The summed E-state index contributed by atoms with van der Waals surface area (Å²) in [6, 6.07) is 15.7. The number of rotatable bonds is 7. The van der Waals surface area contributed by atoms with E-state index in [2.05, 4.69) is 10.1 Å². The Morgan fingerprint density at radius 3 is 2.52 bits per heavy atom. The van der Waals surface area contributed by atoms with Gasteiger partial charge in [0.2, 0.25) is 5.91 Å². The number of methoxy groups -OCH3 is 1. The second-order valence-corrected chi connectivity index (χ2v) is 6.03. The third-order valence-electron chi connectivity index (χ3n) is 4.09. The third kappa shape index (κ3) is 5.19. The van der Waals surface area contributed by atoms with Crippen LogP contribution in [0.25, 0.3) is 11.1 Å². The largest absolute Gasteiger partial charge is 0.497 e. The molecule has 0 radical (unpaired) electrons. The first-order valence-corrected chi connectivity index (χ1v) is 8.65. The molecule has 0 aliphatic heterocycles. The molecule has 0 unspecified atom stereocenters. The van der Waals surface area contributed by atoms with Crippen LogP contribution in [-0.2, 0) is 11.3 Å². The monoisotopic (exact) mass is 400 g/mol. The highest BCUT2D eigenvalue weighted by Crippen LogP contribution is 2.34. The summed E-state index contributed by atoms with van der Waals surface area (Å²) >= 11 is 0. The Labute approximate surface area is 165 Å². The fourth-order valence-electron chi connectivity index (χ4n) is 2.75. The SMILES string of the molecule is COc1ccc(-c2cc(NC(=O)Cn3ccccc3=O)ccc2OC(F)F)cc1. The number of pyridine rings is 1. The van der Waals surface area contributed by atoms with Gasteiger partial charge in [0.25, 0.3) is 5.56 Å². The third-order valence-corrected chi connectivity index (χ3v) is 4.09. The summed E-state index contributed by atoms with van der Waals surface area (Å²) in [4.78, 5) is 24.0. The molecule has 8 heteroatoms. The van der Waals surface area contributed by atoms with E-state index in [0.717, 1.165) is 0 Å². The number of amides is 1. The molecule has 29 heavy (non-hydrogen) atoms. The Morgan fingerprint density at radius 1 is 1.10 bits per heavy atom. The van der Waals surface area contributed by atoms with Crippen LogP contribution >= 0.6 is 0 Å². The lowest BCUT2D eigenvalue weighted by atomic mass is 10.0. The maximum atomic E-state index is 12.8. The minimum Gasteiger partial charge on any atom is -0.497 e. The number of halogens is 2. The van der Waals surface area contributed by atoms with Crippen molar-refractivity contribution in [1.29, 1.82) is 0 Å². The van der Waals surface area contributed by atoms with E-state index in [4.69, 9.17) is 4.74 Å². The van der Waals surface area contributed by atoms with Gasteiger partial charge in [0.1, 0.15) is 18.0 Å². The number of alkyl halides is 2. The summed E-state index contributed by atoms with van der Waals surface area (Å²) in [6.07, 6.45) is 1.50. The highest BCUT2D eigenvalue weighted by Gasteiger charge is 2.14. The smallest absolute Gasteiger partial charge is 0.387 e. The summed E-state index contributed by atoms with van der Waals surface area (Å²) in [5, 5.41) is 2.66. The Kier molecular flexibility index (Phi) is 6.23. The summed E-state index contributed by atoms with van der Waals surface area (Å²) in [5.41, 5.74) is 1.06. The van der Waals surface area contributed by atoms with Crippen LogP contribution < -0.4 is 20.3 Å². The van der Waals surface area contributed by atoms with E-state index in [-0.39, 0.29) is 17.9 Å². The molecule has 150 valence electrons. The van der Waals surface area contributed by atoms with Crippen LogP contribution in [0.4, 0.5) is 14.5 Å². The molecule has 0 spiro atoms. The molecule has 1 aromatic heterocycles. The van der Waals surface area contributed by atoms with E-state index < -0.39 is 12.5 Å². The fraction of sp³-hybridized carbons (Fsp3) is 0.143. The summed E-state index contributed by atoms with van der Waals surface area (Å²) in [5.74, 6) is 0.159. The second-order valence-electron chi connectivity index (χ2n) is 6.03. The fourth-order valence-corrected chi connectivity index (χ4v) is 2.75. The number of hydrogen-bond donors (Lipinski definition) is 1. The minimum absolute atomic E-state index is 0.0255. The molecule has 6 nitrogen and oxygen atoms in total. The minimum atomic E-state index is -2.99. The summed E-state index contributed by atoms with van der Waals surface area (Å²) in [6.45, 7) is -3.16. The molecule has 0 fully saturated rings. The van der Waals surface area contributed by atoms with E-state index in [1.165, 1.54) is 42.1 Å². The van der Waals surface area contributed by atoms with Crippen LogP contribution in [0.3, 0.4) is 0 Å². The Morgan fingerprint density at radius 2 is 1.86 bits per heavy atom. The van der Waals surface area contributed by atoms with Gasteiger partial charge >= 0.3 is 6.61 Å². The molecule has 1 N–H and O–H groups in total. The van der Waals surface area contributed by atoms with Crippen LogP contribution in [0.2, 0.25) is 0 Å². The molecule has 0 saturated heterocycles. The van der Waals surface area contributed by atoms with E-state index in [1.54, 1.807) is 36.4 Å². The average molecular weight is 400 g/mol. The number of aromatic nitrogens is 1. The highest BCUT2D eigenvalue weighted by molar-refractivity contribution is 5.92. The van der Waals surface area contributed by atoms with Gasteiger partial charge in [-0.2, -0.15) is 8.78 Å². The topological polar surface area (TPSA) is 69.6 Å². The predicted molar refractivity (Wildman–Crippen MR) is 104 cm³/mol. The number of ether oxygens (including phenoxy) is 2. The summed E-state index contributed by atoms with van der Waals surface area (Å²) < 4.78 is 36.5. The van der Waals surface area contributed by atoms with Crippen molar-refractivity contribution in [2.24, 2.45) is 0 Å². The number of nitrogens with zero attached hydrogens (tertiary/aromatic N) is 1. The first-order valence-electron chi connectivity index (χ1n) is 8.65. The number of carbonyl (C=O) groups excluding carboxylic acids is 1. The molecule has 0 aliphatic carbocycles. The van der Waals surface area contributed by atoms with Crippen LogP contribution in [0.15, 0.2) is 71.7 Å². The Hall–Kier alpha value is -3.68. The molecule has 3 aromatic rings. The van der Waals surface area contributed by atoms with E-state index in [1.807, 2.05) is 0 Å². The van der Waals surface area contributed by atoms with Gasteiger partial charge in [0, 0.05) is 23.5 Å². The van der Waals surface area contributed by atoms with Crippen molar-refractivity contribution in [3.63, 3.8) is 0 Å². The van der Waals surface area contributed by atoms with Crippen molar-refractivity contribution in [3.05, 3.63) is 77.2 Å². The van der Waals surface area contributed by atoms with Gasteiger partial charge < -0.3 is 19.4 Å². The summed E-state index contributed by atoms with van der Waals surface area (Å²) in [7, 11) is 1.52. The standard InChI is InChI=1S/C21H18F2N2O4/c1-28-16-8-5-14(6-9-16)17-12-15(7-10-18(17)29-21(22)23)24-19(26)13-25-11-3-2-4-20(25)27/h2-12,21H,13H2,1H3,(H,24,26). The number of anilines is 1. The van der Waals surface area contributed by atoms with Crippen molar-refractivity contribution >= 4 is 11.6 Å². The number of nitrogens with one attached hydrogen (secondary N) is 1. The van der Waals surface area contributed by atoms with Gasteiger partial charge in [-0.05, 0) is 42.0 Å². The van der Waals surface area contributed by atoms with Gasteiger partial charge in [0.05, 0.1) is 7.11 Å². The van der Waals surface area contributed by atoms with Gasteiger partial charge in [-0.25, -0.2) is 0 Å². The van der Waals surface area contributed by atoms with Gasteiger partial charge in [0.15, 0.2) is 0 Å². The lowest BCUT2D eigenvalue weighted by Crippen LogP contribution is -2.26. The number of carbonyl (C=O) groups is 1. The van der Waals surface area contributed by atoms with Crippen molar-refractivity contribution in [3.8, 4) is 22.6 Å². The quantitative estimate of drug-likeness (QED) is 0.656. The lowest BCUT2D eigenvalue weighted by Gasteiger charge is -2.14. The molecule has 1 heterocycles. The maximum absolute atomic E-state index is 12.8. The average Bonchev–Trinajstić information content (AvgIpc) is 2.70. The second kappa shape index (κ2) is 9.01. The highest BCUT2D eigenvalue weighted by atomic mass is 19.3. The number of benzene rings is 2.